The van der Waals surface area contributed by atoms with Crippen LogP contribution in [0.25, 0.3) is 5.82 Å². The van der Waals surface area contributed by atoms with Gasteiger partial charge in [-0.3, -0.25) is 4.99 Å². The Kier molecular flexibility index (Phi) is 7.65. The molecule has 0 aliphatic rings. The third kappa shape index (κ3) is 5.71. The second-order valence-corrected chi connectivity index (χ2v) is 5.49. The van der Waals surface area contributed by atoms with Gasteiger partial charge in [-0.15, -0.1) is 24.0 Å². The molecule has 0 spiro atoms. The molecule has 0 amide bonds. The second-order valence-electron chi connectivity index (χ2n) is 5.49. The first-order valence-electron chi connectivity index (χ1n) is 7.99. The zero-order valence-corrected chi connectivity index (χ0v) is 16.9. The van der Waals surface area contributed by atoms with Gasteiger partial charge in [-0.25, -0.2) is 18.4 Å². The summed E-state index contributed by atoms with van der Waals surface area (Å²) in [7, 11) is 1.61. The standard InChI is InChI=1S/C18H18F2N6.HI/c1-21-18(24-12-14-10-15(19)3-4-16(14)20)23-11-13-5-7-22-17(9-13)26-8-2-6-25-26;/h2-10H,11-12H2,1H3,(H2,21,23,24);1H. The van der Waals surface area contributed by atoms with Gasteiger partial charge in [-0.05, 0) is 42.0 Å². The Morgan fingerprint density at radius 2 is 1.93 bits per heavy atom. The van der Waals surface area contributed by atoms with Crippen molar-refractivity contribution in [2.24, 2.45) is 4.99 Å². The van der Waals surface area contributed by atoms with Crippen molar-refractivity contribution in [2.75, 3.05) is 7.05 Å². The summed E-state index contributed by atoms with van der Waals surface area (Å²) in [5, 5.41) is 10.2. The molecule has 0 aliphatic heterocycles. The SMILES string of the molecule is CN=C(NCc1ccnc(-n2cccn2)c1)NCc1cc(F)ccc1F.I. The predicted molar refractivity (Wildman–Crippen MR) is 110 cm³/mol. The Hall–Kier alpha value is -2.56. The molecule has 0 unspecified atom stereocenters. The van der Waals surface area contributed by atoms with Crippen LogP contribution in [0.2, 0.25) is 0 Å². The number of nitrogens with one attached hydrogen (secondary N) is 2. The lowest BCUT2D eigenvalue weighted by molar-refractivity contribution is 0.581. The lowest BCUT2D eigenvalue weighted by Gasteiger charge is -2.13. The molecule has 3 aromatic rings. The van der Waals surface area contributed by atoms with E-state index >= 15 is 0 Å². The molecule has 6 nitrogen and oxygen atoms in total. The molecule has 2 heterocycles. The van der Waals surface area contributed by atoms with Crippen LogP contribution in [0, 0.1) is 11.6 Å². The van der Waals surface area contributed by atoms with Crippen LogP contribution in [0.3, 0.4) is 0 Å². The number of pyridine rings is 1. The van der Waals surface area contributed by atoms with Crippen LogP contribution in [-0.2, 0) is 13.1 Å². The summed E-state index contributed by atoms with van der Waals surface area (Å²) >= 11 is 0. The van der Waals surface area contributed by atoms with Crippen LogP contribution in [0.5, 0.6) is 0 Å². The van der Waals surface area contributed by atoms with Gasteiger partial charge >= 0.3 is 0 Å². The van der Waals surface area contributed by atoms with E-state index in [9.17, 15) is 8.78 Å². The maximum atomic E-state index is 13.7. The fraction of sp³-hybridized carbons (Fsp3) is 0.167. The highest BCUT2D eigenvalue weighted by Gasteiger charge is 2.06. The number of halogens is 3. The van der Waals surface area contributed by atoms with Crippen molar-refractivity contribution in [3.05, 3.63) is 77.8 Å². The fourth-order valence-electron chi connectivity index (χ4n) is 2.36. The van der Waals surface area contributed by atoms with Crippen LogP contribution in [-0.4, -0.2) is 27.8 Å². The summed E-state index contributed by atoms with van der Waals surface area (Å²) in [5.74, 6) is 0.242. The molecule has 3 rings (SSSR count). The second kappa shape index (κ2) is 9.95. The first-order chi connectivity index (χ1) is 12.7. The Balaban J connectivity index is 0.00000261. The molecule has 27 heavy (non-hydrogen) atoms. The highest BCUT2D eigenvalue weighted by molar-refractivity contribution is 14.0. The molecular formula is C18H19F2IN6. The zero-order valence-electron chi connectivity index (χ0n) is 14.6. The van der Waals surface area contributed by atoms with Crippen molar-refractivity contribution in [1.82, 2.24) is 25.4 Å². The highest BCUT2D eigenvalue weighted by Crippen LogP contribution is 2.09. The van der Waals surface area contributed by atoms with E-state index in [1.165, 1.54) is 0 Å². The van der Waals surface area contributed by atoms with E-state index in [-0.39, 0.29) is 36.1 Å². The van der Waals surface area contributed by atoms with Crippen LogP contribution in [0.1, 0.15) is 11.1 Å². The summed E-state index contributed by atoms with van der Waals surface area (Å²) in [5.41, 5.74) is 1.21. The summed E-state index contributed by atoms with van der Waals surface area (Å²) in [6, 6.07) is 8.96. The molecule has 0 saturated heterocycles. The molecular weight excluding hydrogens is 465 g/mol. The van der Waals surface area contributed by atoms with Crippen LogP contribution in [0.15, 0.2) is 60.0 Å². The van der Waals surface area contributed by atoms with E-state index < -0.39 is 11.6 Å². The fourth-order valence-corrected chi connectivity index (χ4v) is 2.36. The quantitative estimate of drug-likeness (QED) is 0.332. The molecule has 0 radical (unpaired) electrons. The van der Waals surface area contributed by atoms with E-state index in [1.807, 2.05) is 24.4 Å². The molecule has 0 aliphatic carbocycles. The smallest absolute Gasteiger partial charge is 0.191 e. The molecule has 1 aromatic carbocycles. The number of nitrogens with zero attached hydrogens (tertiary/aromatic N) is 4. The van der Waals surface area contributed by atoms with Gasteiger partial charge in [0.05, 0.1) is 0 Å². The van der Waals surface area contributed by atoms with Crippen LogP contribution in [0.4, 0.5) is 8.78 Å². The van der Waals surface area contributed by atoms with Gasteiger partial charge in [0.25, 0.3) is 0 Å². The van der Waals surface area contributed by atoms with E-state index in [0.717, 1.165) is 23.8 Å². The minimum Gasteiger partial charge on any atom is -0.352 e. The van der Waals surface area contributed by atoms with Crippen LogP contribution >= 0.6 is 24.0 Å². The number of guanidine groups is 1. The number of aliphatic imine (C=N–C) groups is 1. The Morgan fingerprint density at radius 1 is 1.11 bits per heavy atom. The Morgan fingerprint density at radius 3 is 2.67 bits per heavy atom. The van der Waals surface area contributed by atoms with Gasteiger partial charge in [-0.1, -0.05) is 0 Å². The lowest BCUT2D eigenvalue weighted by Crippen LogP contribution is -2.36. The molecule has 2 aromatic heterocycles. The van der Waals surface area contributed by atoms with Crippen molar-refractivity contribution in [1.29, 1.82) is 0 Å². The first-order valence-corrected chi connectivity index (χ1v) is 7.99. The topological polar surface area (TPSA) is 67.1 Å². The maximum absolute atomic E-state index is 13.7. The predicted octanol–water partition coefficient (Wildman–Crippen LogP) is 3.03. The normalized spacial score (nSPS) is 11.0. The average molecular weight is 484 g/mol. The Labute approximate surface area is 172 Å². The van der Waals surface area contributed by atoms with Gasteiger partial charge in [-0.2, -0.15) is 5.10 Å². The molecule has 0 bridgehead atoms. The van der Waals surface area contributed by atoms with Crippen LogP contribution < -0.4 is 10.6 Å². The van der Waals surface area contributed by atoms with Crippen molar-refractivity contribution in [2.45, 2.75) is 13.1 Å². The molecule has 2 N–H and O–H groups in total. The average Bonchev–Trinajstić information content (AvgIpc) is 3.19. The highest BCUT2D eigenvalue weighted by atomic mass is 127. The molecule has 142 valence electrons. The van der Waals surface area contributed by atoms with E-state index in [1.54, 1.807) is 24.1 Å². The maximum Gasteiger partial charge on any atom is 0.191 e. The number of hydrogen-bond acceptors (Lipinski definition) is 3. The number of hydrogen-bond donors (Lipinski definition) is 2. The number of benzene rings is 1. The van der Waals surface area contributed by atoms with Gasteiger partial charge in [0, 0.05) is 44.3 Å². The van der Waals surface area contributed by atoms with Crippen molar-refractivity contribution < 1.29 is 8.78 Å². The minimum absolute atomic E-state index is 0. The summed E-state index contributed by atoms with van der Waals surface area (Å²) in [4.78, 5) is 8.36. The minimum atomic E-state index is -0.478. The Bertz CT molecular complexity index is 899. The molecule has 0 saturated carbocycles. The van der Waals surface area contributed by atoms with Crippen molar-refractivity contribution in [3.63, 3.8) is 0 Å². The number of aromatic nitrogens is 3. The number of rotatable bonds is 5. The summed E-state index contributed by atoms with van der Waals surface area (Å²) in [6.07, 6.45) is 5.20. The van der Waals surface area contributed by atoms with Crippen molar-refractivity contribution >= 4 is 29.9 Å². The summed E-state index contributed by atoms with van der Waals surface area (Å²) in [6.45, 7) is 0.611. The van der Waals surface area contributed by atoms with Gasteiger partial charge < -0.3 is 10.6 Å². The lowest BCUT2D eigenvalue weighted by atomic mass is 10.2. The summed E-state index contributed by atoms with van der Waals surface area (Å²) < 4.78 is 28.6. The van der Waals surface area contributed by atoms with E-state index in [0.29, 0.717) is 18.3 Å². The molecule has 0 fully saturated rings. The zero-order chi connectivity index (χ0) is 18.4. The van der Waals surface area contributed by atoms with E-state index in [2.05, 4.69) is 25.7 Å². The van der Waals surface area contributed by atoms with Gasteiger partial charge in [0.1, 0.15) is 11.6 Å². The first kappa shape index (κ1) is 20.7. The van der Waals surface area contributed by atoms with Gasteiger partial charge in [0.2, 0.25) is 0 Å². The molecule has 9 heteroatoms. The van der Waals surface area contributed by atoms with E-state index in [4.69, 9.17) is 0 Å². The third-order valence-electron chi connectivity index (χ3n) is 3.69. The van der Waals surface area contributed by atoms with Gasteiger partial charge in [0.15, 0.2) is 11.8 Å². The monoisotopic (exact) mass is 484 g/mol. The molecule has 0 atom stereocenters. The van der Waals surface area contributed by atoms with Crippen molar-refractivity contribution in [3.8, 4) is 5.82 Å². The third-order valence-corrected chi connectivity index (χ3v) is 3.69. The largest absolute Gasteiger partial charge is 0.352 e.